The topological polar surface area (TPSA) is 54.4 Å². The second-order valence-electron chi connectivity index (χ2n) is 3.54. The molecule has 0 aromatic rings. The molecule has 0 aromatic carbocycles. The maximum Gasteiger partial charge on any atom is 0.170 e. The molecular formula is C11H20O3. The van der Waals surface area contributed by atoms with Crippen LogP contribution in [0.4, 0.5) is 0 Å². The van der Waals surface area contributed by atoms with Gasteiger partial charge in [0, 0.05) is 12.8 Å². The summed E-state index contributed by atoms with van der Waals surface area (Å²) in [6.07, 6.45) is 2.57. The van der Waals surface area contributed by atoms with Gasteiger partial charge in [0.2, 0.25) is 0 Å². The second-order valence-corrected chi connectivity index (χ2v) is 3.54. The van der Waals surface area contributed by atoms with Gasteiger partial charge in [0.1, 0.15) is 0 Å². The van der Waals surface area contributed by atoms with Crippen LogP contribution < -0.4 is 0 Å². The van der Waals surface area contributed by atoms with Gasteiger partial charge in [-0.3, -0.25) is 9.59 Å². The van der Waals surface area contributed by atoms with Gasteiger partial charge in [-0.25, -0.2) is 0 Å². The average Bonchev–Trinajstić information content (AvgIpc) is 2.21. The van der Waals surface area contributed by atoms with Crippen molar-refractivity contribution in [3.05, 3.63) is 0 Å². The third-order valence-electron chi connectivity index (χ3n) is 2.16. The number of ketones is 2. The molecule has 0 radical (unpaired) electrons. The van der Waals surface area contributed by atoms with Gasteiger partial charge in [0.15, 0.2) is 17.7 Å². The Bertz CT molecular complexity index is 167. The molecule has 0 amide bonds. The largest absolute Gasteiger partial charge is 0.378 e. The standard InChI is InChI=1S/C11H20O3/c1-3-5-7-9(12)11(14)10(13)8-6-4-2/h11,14H,3-8H2,1-2H3. The minimum Gasteiger partial charge on any atom is -0.378 e. The fraction of sp³-hybridized carbons (Fsp3) is 0.818. The van der Waals surface area contributed by atoms with E-state index < -0.39 is 6.10 Å². The van der Waals surface area contributed by atoms with Crippen LogP contribution in [-0.2, 0) is 9.59 Å². The van der Waals surface area contributed by atoms with Crippen molar-refractivity contribution in [1.82, 2.24) is 0 Å². The van der Waals surface area contributed by atoms with Gasteiger partial charge in [0.25, 0.3) is 0 Å². The third kappa shape index (κ3) is 5.12. The first-order valence-corrected chi connectivity index (χ1v) is 5.37. The summed E-state index contributed by atoms with van der Waals surface area (Å²) in [5.41, 5.74) is 0. The van der Waals surface area contributed by atoms with E-state index in [0.29, 0.717) is 12.8 Å². The average molecular weight is 200 g/mol. The molecule has 82 valence electrons. The molecule has 0 atom stereocenters. The van der Waals surface area contributed by atoms with E-state index >= 15 is 0 Å². The molecule has 3 heteroatoms. The lowest BCUT2D eigenvalue weighted by atomic mass is 10.0. The van der Waals surface area contributed by atoms with Crippen LogP contribution in [0.15, 0.2) is 0 Å². The van der Waals surface area contributed by atoms with E-state index in [1.54, 1.807) is 0 Å². The number of Topliss-reactive ketones (excluding diaryl/α,β-unsaturated/α-hetero) is 2. The molecule has 0 bridgehead atoms. The van der Waals surface area contributed by atoms with E-state index in [4.69, 9.17) is 0 Å². The molecule has 0 rings (SSSR count). The van der Waals surface area contributed by atoms with E-state index in [9.17, 15) is 14.7 Å². The molecule has 0 aliphatic heterocycles. The third-order valence-corrected chi connectivity index (χ3v) is 2.16. The van der Waals surface area contributed by atoms with Gasteiger partial charge in [-0.05, 0) is 12.8 Å². The van der Waals surface area contributed by atoms with Gasteiger partial charge < -0.3 is 5.11 Å². The summed E-state index contributed by atoms with van der Waals surface area (Å²) in [7, 11) is 0. The van der Waals surface area contributed by atoms with Crippen LogP contribution in [-0.4, -0.2) is 22.8 Å². The summed E-state index contributed by atoms with van der Waals surface area (Å²) < 4.78 is 0. The van der Waals surface area contributed by atoms with E-state index in [0.717, 1.165) is 25.7 Å². The zero-order valence-corrected chi connectivity index (χ0v) is 9.08. The first-order chi connectivity index (χ1) is 6.63. The zero-order valence-electron chi connectivity index (χ0n) is 9.08. The molecule has 0 fully saturated rings. The highest BCUT2D eigenvalue weighted by Gasteiger charge is 2.21. The molecule has 1 N–H and O–H groups in total. The van der Waals surface area contributed by atoms with Crippen LogP contribution in [0.25, 0.3) is 0 Å². The maximum atomic E-state index is 11.2. The number of unbranched alkanes of at least 4 members (excludes halogenated alkanes) is 2. The van der Waals surface area contributed by atoms with Crippen LogP contribution in [0, 0.1) is 0 Å². The summed E-state index contributed by atoms with van der Waals surface area (Å²) in [6.45, 7) is 3.94. The van der Waals surface area contributed by atoms with Crippen LogP contribution in [0.3, 0.4) is 0 Å². The van der Waals surface area contributed by atoms with Crippen LogP contribution in [0.2, 0.25) is 0 Å². The summed E-state index contributed by atoms with van der Waals surface area (Å²) >= 11 is 0. The van der Waals surface area contributed by atoms with E-state index in [1.807, 2.05) is 13.8 Å². The Morgan fingerprint density at radius 3 is 1.64 bits per heavy atom. The lowest BCUT2D eigenvalue weighted by Gasteiger charge is -2.07. The van der Waals surface area contributed by atoms with Crippen LogP contribution >= 0.6 is 0 Å². The lowest BCUT2D eigenvalue weighted by Crippen LogP contribution is -2.29. The number of hydrogen-bond acceptors (Lipinski definition) is 3. The molecular weight excluding hydrogens is 180 g/mol. The zero-order chi connectivity index (χ0) is 11.0. The Kier molecular flexibility index (Phi) is 7.30. The molecule has 0 aliphatic carbocycles. The van der Waals surface area contributed by atoms with Gasteiger partial charge >= 0.3 is 0 Å². The van der Waals surface area contributed by atoms with Gasteiger partial charge in [-0.2, -0.15) is 0 Å². The first-order valence-electron chi connectivity index (χ1n) is 5.37. The summed E-state index contributed by atoms with van der Waals surface area (Å²) in [4.78, 5) is 22.5. The molecule has 0 spiro atoms. The highest BCUT2D eigenvalue weighted by molar-refractivity contribution is 6.04. The molecule has 14 heavy (non-hydrogen) atoms. The van der Waals surface area contributed by atoms with Gasteiger partial charge in [0.05, 0.1) is 0 Å². The van der Waals surface area contributed by atoms with Crippen LogP contribution in [0.5, 0.6) is 0 Å². The molecule has 0 saturated carbocycles. The fourth-order valence-corrected chi connectivity index (χ4v) is 1.16. The van der Waals surface area contributed by atoms with Crippen molar-refractivity contribution >= 4 is 11.6 Å². The normalized spacial score (nSPS) is 10.6. The molecule has 0 saturated heterocycles. The van der Waals surface area contributed by atoms with Crippen molar-refractivity contribution in [2.75, 3.05) is 0 Å². The Hall–Kier alpha value is -0.700. The second kappa shape index (κ2) is 7.68. The molecule has 0 aliphatic rings. The SMILES string of the molecule is CCCCC(=O)C(O)C(=O)CCCC. The van der Waals surface area contributed by atoms with Crippen molar-refractivity contribution < 1.29 is 14.7 Å². The number of aliphatic hydroxyl groups excluding tert-OH is 1. The number of rotatable bonds is 8. The highest BCUT2D eigenvalue weighted by Crippen LogP contribution is 2.04. The van der Waals surface area contributed by atoms with E-state index in [-0.39, 0.29) is 11.6 Å². The Labute approximate surface area is 85.5 Å². The quantitative estimate of drug-likeness (QED) is 0.608. The smallest absolute Gasteiger partial charge is 0.170 e. The minimum absolute atomic E-state index is 0.315. The van der Waals surface area contributed by atoms with E-state index in [1.165, 1.54) is 0 Å². The maximum absolute atomic E-state index is 11.2. The molecule has 0 heterocycles. The van der Waals surface area contributed by atoms with Crippen molar-refractivity contribution in [2.45, 2.75) is 58.5 Å². The van der Waals surface area contributed by atoms with Crippen molar-refractivity contribution in [3.8, 4) is 0 Å². The summed E-state index contributed by atoms with van der Waals surface area (Å²) in [5.74, 6) is -0.652. The number of aliphatic hydroxyl groups is 1. The first kappa shape index (κ1) is 13.3. The Morgan fingerprint density at radius 1 is 1.00 bits per heavy atom. The number of carbonyl (C=O) groups excluding carboxylic acids is 2. The molecule has 0 aromatic heterocycles. The molecule has 0 unspecified atom stereocenters. The van der Waals surface area contributed by atoms with Crippen molar-refractivity contribution in [3.63, 3.8) is 0 Å². The van der Waals surface area contributed by atoms with Gasteiger partial charge in [-0.1, -0.05) is 26.7 Å². The highest BCUT2D eigenvalue weighted by atomic mass is 16.3. The predicted octanol–water partition coefficient (Wildman–Crippen LogP) is 1.87. The van der Waals surface area contributed by atoms with Crippen molar-refractivity contribution in [1.29, 1.82) is 0 Å². The monoisotopic (exact) mass is 200 g/mol. The molecule has 3 nitrogen and oxygen atoms in total. The summed E-state index contributed by atoms with van der Waals surface area (Å²) in [5, 5.41) is 9.34. The van der Waals surface area contributed by atoms with Crippen LogP contribution in [0.1, 0.15) is 52.4 Å². The van der Waals surface area contributed by atoms with Gasteiger partial charge in [-0.15, -0.1) is 0 Å². The Morgan fingerprint density at radius 2 is 1.36 bits per heavy atom. The number of carbonyl (C=O) groups is 2. The lowest BCUT2D eigenvalue weighted by molar-refractivity contribution is -0.138. The number of hydrogen-bond donors (Lipinski definition) is 1. The predicted molar refractivity (Wildman–Crippen MR) is 55.1 cm³/mol. The fourth-order valence-electron chi connectivity index (χ4n) is 1.16. The Balaban J connectivity index is 3.85. The van der Waals surface area contributed by atoms with E-state index in [2.05, 4.69) is 0 Å². The minimum atomic E-state index is -1.37. The van der Waals surface area contributed by atoms with Crippen molar-refractivity contribution in [2.24, 2.45) is 0 Å². The summed E-state index contributed by atoms with van der Waals surface area (Å²) in [6, 6.07) is 0.